The molecule has 0 fully saturated rings. The van der Waals surface area contributed by atoms with E-state index in [4.69, 9.17) is 0 Å². The molecule has 3 heteroatoms. The lowest BCUT2D eigenvalue weighted by Crippen LogP contribution is -2.24. The van der Waals surface area contributed by atoms with Gasteiger partial charge in [0, 0.05) is 12.2 Å². The Morgan fingerprint density at radius 2 is 2.23 bits per heavy atom. The van der Waals surface area contributed by atoms with Crippen LogP contribution in [0.4, 0.5) is 0 Å². The van der Waals surface area contributed by atoms with Crippen LogP contribution in [0.2, 0.25) is 0 Å². The van der Waals surface area contributed by atoms with Crippen LogP contribution in [0, 0.1) is 6.92 Å². The zero-order valence-electron chi connectivity index (χ0n) is 8.91. The molecule has 0 saturated heterocycles. The van der Waals surface area contributed by atoms with Crippen LogP contribution in [0.25, 0.3) is 0 Å². The first-order valence-corrected chi connectivity index (χ1v) is 4.81. The van der Waals surface area contributed by atoms with Crippen molar-refractivity contribution in [2.24, 2.45) is 0 Å². The molecule has 13 heavy (non-hydrogen) atoms. The number of hydrogen-bond acceptors (Lipinski definition) is 2. The van der Waals surface area contributed by atoms with Gasteiger partial charge in [0.25, 0.3) is 0 Å². The SMILES string of the molecule is CNC(C)CC(C)n1cc(C)cn1. The van der Waals surface area contributed by atoms with Crippen LogP contribution in [0.15, 0.2) is 12.4 Å². The maximum absolute atomic E-state index is 4.29. The van der Waals surface area contributed by atoms with Crippen LogP contribution >= 0.6 is 0 Å². The molecule has 1 heterocycles. The maximum Gasteiger partial charge on any atom is 0.0519 e. The fourth-order valence-electron chi connectivity index (χ4n) is 1.41. The highest BCUT2D eigenvalue weighted by molar-refractivity contribution is 5.00. The summed E-state index contributed by atoms with van der Waals surface area (Å²) in [5.41, 5.74) is 1.23. The van der Waals surface area contributed by atoms with Gasteiger partial charge in [0.1, 0.15) is 0 Å². The van der Waals surface area contributed by atoms with Crippen LogP contribution in [0.3, 0.4) is 0 Å². The summed E-state index contributed by atoms with van der Waals surface area (Å²) in [6.07, 6.45) is 5.10. The molecule has 2 atom stereocenters. The van der Waals surface area contributed by atoms with Gasteiger partial charge in [-0.25, -0.2) is 0 Å². The third-order valence-electron chi connectivity index (χ3n) is 2.37. The second-order valence-electron chi connectivity index (χ2n) is 3.77. The summed E-state index contributed by atoms with van der Waals surface area (Å²) in [6, 6.07) is 1.01. The van der Waals surface area contributed by atoms with Crippen molar-refractivity contribution in [1.29, 1.82) is 0 Å². The molecule has 3 nitrogen and oxygen atoms in total. The molecule has 2 unspecified atom stereocenters. The van der Waals surface area contributed by atoms with E-state index in [2.05, 4.69) is 37.4 Å². The molecule has 0 spiro atoms. The molecule has 1 rings (SSSR count). The molecule has 0 aliphatic rings. The van der Waals surface area contributed by atoms with Gasteiger partial charge >= 0.3 is 0 Å². The van der Waals surface area contributed by atoms with E-state index in [0.717, 1.165) is 6.42 Å². The Morgan fingerprint density at radius 1 is 1.54 bits per heavy atom. The molecule has 74 valence electrons. The van der Waals surface area contributed by atoms with Gasteiger partial charge in [0.15, 0.2) is 0 Å². The van der Waals surface area contributed by atoms with Crippen molar-refractivity contribution < 1.29 is 0 Å². The standard InChI is InChI=1S/C10H19N3/c1-8-6-12-13(7-8)10(3)5-9(2)11-4/h6-7,9-11H,5H2,1-4H3. The van der Waals surface area contributed by atoms with E-state index in [-0.39, 0.29) is 0 Å². The van der Waals surface area contributed by atoms with E-state index in [9.17, 15) is 0 Å². The van der Waals surface area contributed by atoms with Crippen molar-refractivity contribution >= 4 is 0 Å². The zero-order chi connectivity index (χ0) is 9.84. The zero-order valence-corrected chi connectivity index (χ0v) is 8.91. The predicted molar refractivity (Wildman–Crippen MR) is 54.8 cm³/mol. The van der Waals surface area contributed by atoms with Crippen molar-refractivity contribution in [2.75, 3.05) is 7.05 Å². The third kappa shape index (κ3) is 2.84. The van der Waals surface area contributed by atoms with E-state index < -0.39 is 0 Å². The highest BCUT2D eigenvalue weighted by atomic mass is 15.3. The van der Waals surface area contributed by atoms with Crippen LogP contribution in [0.5, 0.6) is 0 Å². The van der Waals surface area contributed by atoms with Crippen molar-refractivity contribution in [3.63, 3.8) is 0 Å². The molecular formula is C10H19N3. The maximum atomic E-state index is 4.29. The summed E-state index contributed by atoms with van der Waals surface area (Å²) < 4.78 is 2.03. The normalized spacial score (nSPS) is 15.7. The first-order valence-electron chi connectivity index (χ1n) is 4.81. The summed E-state index contributed by atoms with van der Waals surface area (Å²) in [5, 5.41) is 7.52. The Kier molecular flexibility index (Phi) is 3.48. The van der Waals surface area contributed by atoms with Crippen LogP contribution in [0.1, 0.15) is 31.9 Å². The largest absolute Gasteiger partial charge is 0.317 e. The number of aryl methyl sites for hydroxylation is 1. The van der Waals surface area contributed by atoms with E-state index in [0.29, 0.717) is 12.1 Å². The molecule has 0 amide bonds. The minimum absolute atomic E-state index is 0.469. The van der Waals surface area contributed by atoms with Crippen LogP contribution < -0.4 is 5.32 Å². The Labute approximate surface area is 80.1 Å². The van der Waals surface area contributed by atoms with Crippen molar-refractivity contribution in [3.8, 4) is 0 Å². The molecule has 0 saturated carbocycles. The number of hydrogen-bond donors (Lipinski definition) is 1. The van der Waals surface area contributed by atoms with Gasteiger partial charge in [0.05, 0.1) is 12.2 Å². The molecule has 1 aromatic rings. The van der Waals surface area contributed by atoms with Gasteiger partial charge in [0.2, 0.25) is 0 Å². The highest BCUT2D eigenvalue weighted by Gasteiger charge is 2.08. The summed E-state index contributed by atoms with van der Waals surface area (Å²) in [4.78, 5) is 0. The number of rotatable bonds is 4. The van der Waals surface area contributed by atoms with Crippen LogP contribution in [-0.2, 0) is 0 Å². The molecule has 0 radical (unpaired) electrons. The molecule has 1 aromatic heterocycles. The molecule has 1 N–H and O–H groups in total. The second kappa shape index (κ2) is 4.42. The Bertz CT molecular complexity index is 254. The average Bonchev–Trinajstić information content (AvgIpc) is 2.51. The van der Waals surface area contributed by atoms with Gasteiger partial charge in [-0.2, -0.15) is 5.10 Å². The van der Waals surface area contributed by atoms with E-state index in [1.807, 2.05) is 17.9 Å². The molecule has 0 bridgehead atoms. The van der Waals surface area contributed by atoms with Gasteiger partial charge in [-0.05, 0) is 39.8 Å². The first kappa shape index (κ1) is 10.3. The lowest BCUT2D eigenvalue weighted by Gasteiger charge is -2.16. The smallest absolute Gasteiger partial charge is 0.0519 e. The predicted octanol–water partition coefficient (Wildman–Crippen LogP) is 1.75. The van der Waals surface area contributed by atoms with Crippen molar-refractivity contribution in [1.82, 2.24) is 15.1 Å². The molecular weight excluding hydrogens is 162 g/mol. The number of aromatic nitrogens is 2. The van der Waals surface area contributed by atoms with Gasteiger partial charge in [-0.3, -0.25) is 4.68 Å². The Hall–Kier alpha value is -0.830. The Balaban J connectivity index is 2.53. The third-order valence-corrected chi connectivity index (χ3v) is 2.37. The lowest BCUT2D eigenvalue weighted by atomic mass is 10.1. The quantitative estimate of drug-likeness (QED) is 0.767. The monoisotopic (exact) mass is 181 g/mol. The topological polar surface area (TPSA) is 29.9 Å². The van der Waals surface area contributed by atoms with Crippen LogP contribution in [-0.4, -0.2) is 22.9 Å². The van der Waals surface area contributed by atoms with Gasteiger partial charge < -0.3 is 5.32 Å². The fraction of sp³-hybridized carbons (Fsp3) is 0.700. The lowest BCUT2D eigenvalue weighted by molar-refractivity contribution is 0.402. The minimum atomic E-state index is 0.469. The fourth-order valence-corrected chi connectivity index (χ4v) is 1.41. The summed E-state index contributed by atoms with van der Waals surface area (Å²) in [7, 11) is 1.99. The summed E-state index contributed by atoms with van der Waals surface area (Å²) in [6.45, 7) is 6.45. The van der Waals surface area contributed by atoms with E-state index >= 15 is 0 Å². The first-order chi connectivity index (χ1) is 6.13. The summed E-state index contributed by atoms with van der Waals surface area (Å²) in [5.74, 6) is 0. The molecule has 0 aromatic carbocycles. The van der Waals surface area contributed by atoms with Crippen molar-refractivity contribution in [2.45, 2.75) is 39.3 Å². The number of nitrogens with one attached hydrogen (secondary N) is 1. The Morgan fingerprint density at radius 3 is 2.69 bits per heavy atom. The minimum Gasteiger partial charge on any atom is -0.317 e. The van der Waals surface area contributed by atoms with Gasteiger partial charge in [-0.15, -0.1) is 0 Å². The molecule has 0 aliphatic carbocycles. The van der Waals surface area contributed by atoms with Gasteiger partial charge in [-0.1, -0.05) is 0 Å². The second-order valence-corrected chi connectivity index (χ2v) is 3.77. The highest BCUT2D eigenvalue weighted by Crippen LogP contribution is 2.12. The molecule has 0 aliphatic heterocycles. The van der Waals surface area contributed by atoms with E-state index in [1.54, 1.807) is 0 Å². The van der Waals surface area contributed by atoms with Crippen molar-refractivity contribution in [3.05, 3.63) is 18.0 Å². The average molecular weight is 181 g/mol. The summed E-state index contributed by atoms with van der Waals surface area (Å²) >= 11 is 0. The number of nitrogens with zero attached hydrogens (tertiary/aromatic N) is 2. The van der Waals surface area contributed by atoms with E-state index in [1.165, 1.54) is 5.56 Å².